The molecule has 1 saturated heterocycles. The highest BCUT2D eigenvalue weighted by molar-refractivity contribution is 7.91. The summed E-state index contributed by atoms with van der Waals surface area (Å²) in [6.07, 6.45) is 4.59. The molecule has 1 aliphatic heterocycles. The maximum Gasteiger partial charge on any atom is 0.257 e. The second-order valence-electron chi connectivity index (χ2n) is 11.9. The number of nitrogens with one attached hydrogen (secondary N) is 1. The van der Waals surface area contributed by atoms with Gasteiger partial charge in [-0.25, -0.2) is 16.8 Å². The second-order valence-corrected chi connectivity index (χ2v) is 16.0. The van der Waals surface area contributed by atoms with Gasteiger partial charge in [0.25, 0.3) is 5.91 Å². The first-order valence-electron chi connectivity index (χ1n) is 13.1. The highest BCUT2D eigenvalue weighted by Gasteiger charge is 2.44. The molecule has 38 heavy (non-hydrogen) atoms. The summed E-state index contributed by atoms with van der Waals surface area (Å²) in [4.78, 5) is 15.8. The summed E-state index contributed by atoms with van der Waals surface area (Å²) in [5, 5.41) is 11.9. The molecule has 1 saturated carbocycles. The molecule has 8 nitrogen and oxygen atoms in total. The number of aliphatic hydroxyl groups excluding tert-OH is 1. The van der Waals surface area contributed by atoms with Crippen molar-refractivity contribution in [2.24, 2.45) is 10.8 Å². The van der Waals surface area contributed by atoms with Crippen molar-refractivity contribution < 1.29 is 26.7 Å². The van der Waals surface area contributed by atoms with Gasteiger partial charge in [-0.15, -0.1) is 0 Å². The molecular formula is C28H38N2O6S2. The van der Waals surface area contributed by atoms with Crippen LogP contribution in [-0.4, -0.2) is 59.1 Å². The minimum absolute atomic E-state index is 0.0236. The number of hydrogen-bond donors (Lipinski definition) is 2. The van der Waals surface area contributed by atoms with Crippen LogP contribution in [-0.2, 0) is 19.7 Å². The number of anilines is 2. The summed E-state index contributed by atoms with van der Waals surface area (Å²) < 4.78 is 51.5. The van der Waals surface area contributed by atoms with E-state index in [0.29, 0.717) is 22.4 Å². The zero-order chi connectivity index (χ0) is 27.8. The third-order valence-corrected chi connectivity index (χ3v) is 11.4. The number of rotatable bonds is 9. The molecule has 1 aliphatic carbocycles. The molecule has 1 spiro atoms. The number of aliphatic hydroxyl groups is 1. The van der Waals surface area contributed by atoms with E-state index in [1.165, 1.54) is 37.1 Å². The van der Waals surface area contributed by atoms with E-state index in [9.17, 15) is 21.6 Å². The maximum absolute atomic E-state index is 13.5. The van der Waals surface area contributed by atoms with Crippen LogP contribution in [0.2, 0.25) is 0 Å². The van der Waals surface area contributed by atoms with E-state index < -0.39 is 31.0 Å². The monoisotopic (exact) mass is 562 g/mol. The van der Waals surface area contributed by atoms with Crippen molar-refractivity contribution in [1.29, 1.82) is 0 Å². The average Bonchev–Trinajstić information content (AvgIpc) is 3.60. The fourth-order valence-electron chi connectivity index (χ4n) is 5.05. The summed E-state index contributed by atoms with van der Waals surface area (Å²) in [5.74, 6) is -0.631. The second kappa shape index (κ2) is 10.6. The quantitative estimate of drug-likeness (QED) is 0.468. The van der Waals surface area contributed by atoms with Crippen LogP contribution in [0.1, 0.15) is 63.2 Å². The Bertz CT molecular complexity index is 1400. The van der Waals surface area contributed by atoms with Crippen molar-refractivity contribution in [1.82, 2.24) is 0 Å². The number of sulfone groups is 2. The SMILES string of the molecule is CC(C)(C)CS(=O)(=O)c1cccc(NC(=O)c2ccc(S(=O)(=O)CCCO)cc2N2CCC3(CC2)CC3)c1. The van der Waals surface area contributed by atoms with E-state index in [0.717, 1.165) is 25.9 Å². The molecule has 2 aromatic rings. The van der Waals surface area contributed by atoms with E-state index in [2.05, 4.69) is 10.2 Å². The van der Waals surface area contributed by atoms with Crippen molar-refractivity contribution in [2.45, 2.75) is 62.7 Å². The van der Waals surface area contributed by atoms with Crippen molar-refractivity contribution >= 4 is 37.0 Å². The molecule has 10 heteroatoms. The average molecular weight is 563 g/mol. The zero-order valence-corrected chi connectivity index (χ0v) is 24.0. The van der Waals surface area contributed by atoms with E-state index >= 15 is 0 Å². The third kappa shape index (κ3) is 6.76. The molecule has 0 bridgehead atoms. The smallest absolute Gasteiger partial charge is 0.257 e. The lowest BCUT2D eigenvalue weighted by Crippen LogP contribution is -2.36. The highest BCUT2D eigenvalue weighted by atomic mass is 32.2. The molecule has 1 amide bonds. The number of amides is 1. The zero-order valence-electron chi connectivity index (χ0n) is 22.4. The van der Waals surface area contributed by atoms with Crippen LogP contribution in [0.4, 0.5) is 11.4 Å². The molecule has 1 heterocycles. The van der Waals surface area contributed by atoms with E-state index in [1.54, 1.807) is 18.2 Å². The first kappa shape index (κ1) is 28.6. The van der Waals surface area contributed by atoms with E-state index in [-0.39, 0.29) is 34.3 Å². The van der Waals surface area contributed by atoms with Crippen LogP contribution >= 0.6 is 0 Å². The molecule has 2 aromatic carbocycles. The Morgan fingerprint density at radius 3 is 2.21 bits per heavy atom. The summed E-state index contributed by atoms with van der Waals surface area (Å²) in [7, 11) is -7.16. The number of carbonyl (C=O) groups excluding carboxylic acids is 1. The Morgan fingerprint density at radius 2 is 1.61 bits per heavy atom. The Labute approximate surface area is 226 Å². The summed E-state index contributed by atoms with van der Waals surface area (Å²) in [5.41, 5.74) is 1.23. The van der Waals surface area contributed by atoms with Crippen LogP contribution in [0, 0.1) is 10.8 Å². The standard InChI is InChI=1S/C28H38N2O6S2/c1-27(2,3)20-38(35,36)22-7-4-6-21(18-22)29-26(32)24-9-8-23(37(33,34)17-5-16-31)19-25(24)30-14-12-28(10-11-28)13-15-30/h4,6-9,18-19,31H,5,10-17,20H2,1-3H3,(H,29,32). The first-order valence-corrected chi connectivity index (χ1v) is 16.4. The van der Waals surface area contributed by atoms with E-state index in [1.807, 2.05) is 20.8 Å². The van der Waals surface area contributed by atoms with Crippen LogP contribution in [0.25, 0.3) is 0 Å². The van der Waals surface area contributed by atoms with Gasteiger partial charge in [-0.1, -0.05) is 26.8 Å². The van der Waals surface area contributed by atoms with Gasteiger partial charge in [-0.2, -0.15) is 0 Å². The molecule has 2 fully saturated rings. The molecular weight excluding hydrogens is 524 g/mol. The Kier molecular flexibility index (Phi) is 7.99. The van der Waals surface area contributed by atoms with Crippen molar-refractivity contribution in [2.75, 3.05) is 41.4 Å². The van der Waals surface area contributed by atoms with Gasteiger partial charge in [0.1, 0.15) is 0 Å². The fourth-order valence-corrected chi connectivity index (χ4v) is 8.26. The minimum atomic E-state index is -3.62. The highest BCUT2D eigenvalue weighted by Crippen LogP contribution is 2.54. The predicted octanol–water partition coefficient (Wildman–Crippen LogP) is 4.30. The number of hydrogen-bond acceptors (Lipinski definition) is 7. The fraction of sp³-hybridized carbons (Fsp3) is 0.536. The largest absolute Gasteiger partial charge is 0.396 e. The molecule has 2 aliphatic rings. The summed E-state index contributed by atoms with van der Waals surface area (Å²) in [6, 6.07) is 10.7. The Hall–Kier alpha value is -2.43. The van der Waals surface area contributed by atoms with Gasteiger partial charge in [0.05, 0.1) is 32.5 Å². The summed E-state index contributed by atoms with van der Waals surface area (Å²) >= 11 is 0. The molecule has 0 radical (unpaired) electrons. The number of carbonyl (C=O) groups is 1. The van der Waals surface area contributed by atoms with Gasteiger partial charge in [0.2, 0.25) is 0 Å². The normalized spacial score (nSPS) is 17.4. The molecule has 4 rings (SSSR count). The van der Waals surface area contributed by atoms with Gasteiger partial charge in [-0.3, -0.25) is 4.79 Å². The van der Waals surface area contributed by atoms with Crippen LogP contribution in [0.5, 0.6) is 0 Å². The number of benzene rings is 2. The predicted molar refractivity (Wildman–Crippen MR) is 149 cm³/mol. The van der Waals surface area contributed by atoms with Crippen LogP contribution in [0.3, 0.4) is 0 Å². The number of nitrogens with zero attached hydrogens (tertiary/aromatic N) is 1. The minimum Gasteiger partial charge on any atom is -0.396 e. The topological polar surface area (TPSA) is 121 Å². The van der Waals surface area contributed by atoms with Gasteiger partial charge < -0.3 is 15.3 Å². The first-order chi connectivity index (χ1) is 17.7. The lowest BCUT2D eigenvalue weighted by atomic mass is 9.93. The Balaban J connectivity index is 1.63. The van der Waals surface area contributed by atoms with Gasteiger partial charge >= 0.3 is 0 Å². The third-order valence-electron chi connectivity index (χ3n) is 7.34. The molecule has 2 N–H and O–H groups in total. The Morgan fingerprint density at radius 1 is 0.947 bits per heavy atom. The molecule has 0 atom stereocenters. The van der Waals surface area contributed by atoms with Crippen LogP contribution in [0.15, 0.2) is 52.3 Å². The lowest BCUT2D eigenvalue weighted by molar-refractivity contribution is 0.102. The van der Waals surface area contributed by atoms with Crippen molar-refractivity contribution in [3.8, 4) is 0 Å². The lowest BCUT2D eigenvalue weighted by Gasteiger charge is -2.35. The van der Waals surface area contributed by atoms with Gasteiger partial charge in [0, 0.05) is 25.4 Å². The van der Waals surface area contributed by atoms with E-state index in [4.69, 9.17) is 5.11 Å². The maximum atomic E-state index is 13.5. The van der Waals surface area contributed by atoms with Crippen molar-refractivity contribution in [3.63, 3.8) is 0 Å². The molecule has 0 aromatic heterocycles. The number of piperidine rings is 1. The van der Waals surface area contributed by atoms with Gasteiger partial charge in [0.15, 0.2) is 19.7 Å². The van der Waals surface area contributed by atoms with Crippen molar-refractivity contribution in [3.05, 3.63) is 48.0 Å². The van der Waals surface area contributed by atoms with Crippen LogP contribution < -0.4 is 10.2 Å². The van der Waals surface area contributed by atoms with Gasteiger partial charge in [-0.05, 0) is 79.3 Å². The molecule has 208 valence electrons. The summed E-state index contributed by atoms with van der Waals surface area (Å²) in [6.45, 7) is 6.83. The molecule has 0 unspecified atom stereocenters.